The number of aryl methyl sites for hydroxylation is 1. The van der Waals surface area contributed by atoms with Gasteiger partial charge in [0.25, 0.3) is 0 Å². The Labute approximate surface area is 186 Å². The van der Waals surface area contributed by atoms with Crippen molar-refractivity contribution in [2.75, 3.05) is 23.7 Å². The van der Waals surface area contributed by atoms with Gasteiger partial charge in [-0.3, -0.25) is 9.59 Å². The fourth-order valence-corrected chi connectivity index (χ4v) is 3.53. The largest absolute Gasteiger partial charge is 0.455 e. The third-order valence-corrected chi connectivity index (χ3v) is 5.28. The highest BCUT2D eigenvalue weighted by Gasteiger charge is 2.27. The Morgan fingerprint density at radius 2 is 1.75 bits per heavy atom. The number of nitrogens with one attached hydrogen (secondary N) is 2. The van der Waals surface area contributed by atoms with Crippen LogP contribution in [0.5, 0.6) is 11.5 Å². The van der Waals surface area contributed by atoms with Crippen molar-refractivity contribution in [3.63, 3.8) is 0 Å². The van der Waals surface area contributed by atoms with E-state index in [9.17, 15) is 9.59 Å². The third kappa shape index (κ3) is 5.40. The summed E-state index contributed by atoms with van der Waals surface area (Å²) < 4.78 is 5.90. The Hall–Kier alpha value is -3.94. The lowest BCUT2D eigenvalue weighted by Gasteiger charge is -2.32. The van der Waals surface area contributed by atoms with Crippen LogP contribution in [-0.2, 0) is 9.59 Å². The third-order valence-electron chi connectivity index (χ3n) is 5.28. The van der Waals surface area contributed by atoms with Gasteiger partial charge in [-0.05, 0) is 56.2 Å². The average Bonchev–Trinajstić information content (AvgIpc) is 2.82. The van der Waals surface area contributed by atoms with Gasteiger partial charge in [-0.1, -0.05) is 29.8 Å². The zero-order valence-electron chi connectivity index (χ0n) is 17.8. The van der Waals surface area contributed by atoms with Crippen LogP contribution in [0.2, 0.25) is 0 Å². The number of benzene rings is 2. The standard InChI is InChI=1S/C24H25N5O3/c1-17-8-10-19(11-9-17)32-21-6-3-2-5-20(21)27-23(30)24(31)29-15-12-18(13-16-29)26-22-7-4-14-25-28-22/h2-11,14,18H,12-13,15-16H2,1H3,(H,26,28)(H,27,30). The van der Waals surface area contributed by atoms with E-state index in [-0.39, 0.29) is 6.04 Å². The molecule has 0 radical (unpaired) electrons. The van der Waals surface area contributed by atoms with E-state index >= 15 is 0 Å². The molecule has 1 aliphatic heterocycles. The van der Waals surface area contributed by atoms with E-state index in [1.54, 1.807) is 29.3 Å². The van der Waals surface area contributed by atoms with Crippen molar-refractivity contribution in [2.24, 2.45) is 0 Å². The highest BCUT2D eigenvalue weighted by molar-refractivity contribution is 6.39. The van der Waals surface area contributed by atoms with Crippen LogP contribution in [0.15, 0.2) is 66.9 Å². The topological polar surface area (TPSA) is 96.5 Å². The summed E-state index contributed by atoms with van der Waals surface area (Å²) >= 11 is 0. The highest BCUT2D eigenvalue weighted by atomic mass is 16.5. The lowest BCUT2D eigenvalue weighted by molar-refractivity contribution is -0.143. The van der Waals surface area contributed by atoms with Gasteiger partial charge in [-0.15, -0.1) is 5.10 Å². The van der Waals surface area contributed by atoms with Crippen LogP contribution in [0.3, 0.4) is 0 Å². The monoisotopic (exact) mass is 431 g/mol. The quantitative estimate of drug-likeness (QED) is 0.599. The van der Waals surface area contributed by atoms with Gasteiger partial charge in [0, 0.05) is 25.3 Å². The number of carbonyl (C=O) groups is 2. The van der Waals surface area contributed by atoms with Crippen molar-refractivity contribution in [2.45, 2.75) is 25.8 Å². The summed E-state index contributed by atoms with van der Waals surface area (Å²) in [6, 6.07) is 18.5. The molecule has 32 heavy (non-hydrogen) atoms. The molecule has 2 heterocycles. The van der Waals surface area contributed by atoms with Crippen molar-refractivity contribution < 1.29 is 14.3 Å². The summed E-state index contributed by atoms with van der Waals surface area (Å²) in [5, 5.41) is 13.9. The number of piperidine rings is 1. The first-order valence-electron chi connectivity index (χ1n) is 10.6. The summed E-state index contributed by atoms with van der Waals surface area (Å²) in [6.45, 7) is 2.98. The molecule has 0 atom stereocenters. The van der Waals surface area contributed by atoms with Gasteiger partial charge in [-0.25, -0.2) is 0 Å². The molecule has 1 fully saturated rings. The number of amides is 2. The maximum Gasteiger partial charge on any atom is 0.314 e. The number of anilines is 2. The Morgan fingerprint density at radius 3 is 2.47 bits per heavy atom. The van der Waals surface area contributed by atoms with Crippen LogP contribution in [0, 0.1) is 6.92 Å². The molecule has 4 rings (SSSR count). The van der Waals surface area contributed by atoms with E-state index in [0.717, 1.165) is 18.4 Å². The summed E-state index contributed by atoms with van der Waals surface area (Å²) in [5.41, 5.74) is 1.57. The molecular weight excluding hydrogens is 406 g/mol. The van der Waals surface area contributed by atoms with Gasteiger partial charge in [0.2, 0.25) is 0 Å². The SMILES string of the molecule is Cc1ccc(Oc2ccccc2NC(=O)C(=O)N2CCC(Nc3cccnn3)CC2)cc1. The molecule has 2 amide bonds. The highest BCUT2D eigenvalue weighted by Crippen LogP contribution is 2.29. The number of para-hydroxylation sites is 2. The molecule has 8 heteroatoms. The number of nitrogens with zero attached hydrogens (tertiary/aromatic N) is 3. The van der Waals surface area contributed by atoms with E-state index < -0.39 is 11.8 Å². The maximum absolute atomic E-state index is 12.7. The smallest absolute Gasteiger partial charge is 0.314 e. The van der Waals surface area contributed by atoms with Crippen LogP contribution in [0.4, 0.5) is 11.5 Å². The first kappa shape index (κ1) is 21.3. The number of aromatic nitrogens is 2. The number of ether oxygens (including phenoxy) is 1. The second-order valence-corrected chi connectivity index (χ2v) is 7.69. The first-order chi connectivity index (χ1) is 15.6. The van der Waals surface area contributed by atoms with Gasteiger partial charge < -0.3 is 20.3 Å². The maximum atomic E-state index is 12.7. The van der Waals surface area contributed by atoms with Crippen molar-refractivity contribution in [1.29, 1.82) is 0 Å². The van der Waals surface area contributed by atoms with Crippen molar-refractivity contribution in [1.82, 2.24) is 15.1 Å². The summed E-state index contributed by atoms with van der Waals surface area (Å²) in [6.07, 6.45) is 3.07. The minimum Gasteiger partial charge on any atom is -0.455 e. The Kier molecular flexibility index (Phi) is 6.60. The van der Waals surface area contributed by atoms with Gasteiger partial charge in [0.15, 0.2) is 5.75 Å². The molecule has 0 aliphatic carbocycles. The molecule has 164 valence electrons. The molecular formula is C24H25N5O3. The fourth-order valence-electron chi connectivity index (χ4n) is 3.53. The number of rotatable bonds is 5. The van der Waals surface area contributed by atoms with Gasteiger partial charge in [-0.2, -0.15) is 5.10 Å². The fraction of sp³-hybridized carbons (Fsp3) is 0.250. The molecule has 8 nitrogen and oxygen atoms in total. The Bertz CT molecular complexity index is 1060. The summed E-state index contributed by atoms with van der Waals surface area (Å²) in [4.78, 5) is 26.9. The predicted octanol–water partition coefficient (Wildman–Crippen LogP) is 3.62. The molecule has 3 aromatic rings. The minimum absolute atomic E-state index is 0.183. The Balaban J connectivity index is 1.33. The van der Waals surface area contributed by atoms with Crippen LogP contribution < -0.4 is 15.4 Å². The van der Waals surface area contributed by atoms with E-state index in [0.29, 0.717) is 36.1 Å². The molecule has 1 saturated heterocycles. The molecule has 2 N–H and O–H groups in total. The lowest BCUT2D eigenvalue weighted by atomic mass is 10.0. The minimum atomic E-state index is -0.676. The van der Waals surface area contributed by atoms with E-state index in [1.807, 2.05) is 49.4 Å². The zero-order valence-corrected chi connectivity index (χ0v) is 17.8. The van der Waals surface area contributed by atoms with E-state index in [2.05, 4.69) is 20.8 Å². The first-order valence-corrected chi connectivity index (χ1v) is 10.6. The molecule has 0 saturated carbocycles. The predicted molar refractivity (Wildman–Crippen MR) is 122 cm³/mol. The van der Waals surface area contributed by atoms with Crippen molar-refractivity contribution in [3.8, 4) is 11.5 Å². The normalized spacial score (nSPS) is 14.0. The Morgan fingerprint density at radius 1 is 1.00 bits per heavy atom. The number of hydrogen-bond donors (Lipinski definition) is 2. The number of carbonyl (C=O) groups excluding carboxylic acids is 2. The van der Waals surface area contributed by atoms with Crippen molar-refractivity contribution >= 4 is 23.3 Å². The lowest BCUT2D eigenvalue weighted by Crippen LogP contribution is -2.46. The molecule has 1 aliphatic rings. The second-order valence-electron chi connectivity index (χ2n) is 7.69. The molecule has 1 aromatic heterocycles. The summed E-state index contributed by atoms with van der Waals surface area (Å²) in [5.74, 6) is 0.615. The van der Waals surface area contributed by atoms with Crippen molar-refractivity contribution in [3.05, 3.63) is 72.4 Å². The van der Waals surface area contributed by atoms with Crippen LogP contribution in [0.25, 0.3) is 0 Å². The van der Waals surface area contributed by atoms with Gasteiger partial charge in [0.1, 0.15) is 11.6 Å². The molecule has 0 unspecified atom stereocenters. The number of hydrogen-bond acceptors (Lipinski definition) is 6. The molecule has 2 aromatic carbocycles. The van der Waals surface area contributed by atoms with E-state index in [4.69, 9.17) is 4.74 Å². The molecule has 0 bridgehead atoms. The second kappa shape index (κ2) is 9.91. The van der Waals surface area contributed by atoms with Gasteiger partial charge in [0.05, 0.1) is 5.69 Å². The average molecular weight is 431 g/mol. The summed E-state index contributed by atoms with van der Waals surface area (Å²) in [7, 11) is 0. The number of likely N-dealkylation sites (tertiary alicyclic amines) is 1. The van der Waals surface area contributed by atoms with Crippen LogP contribution in [-0.4, -0.2) is 46.0 Å². The van der Waals surface area contributed by atoms with Crippen LogP contribution in [0.1, 0.15) is 18.4 Å². The zero-order chi connectivity index (χ0) is 22.3. The van der Waals surface area contributed by atoms with Gasteiger partial charge >= 0.3 is 11.8 Å². The van der Waals surface area contributed by atoms with Crippen LogP contribution >= 0.6 is 0 Å². The van der Waals surface area contributed by atoms with E-state index in [1.165, 1.54) is 0 Å². The molecule has 0 spiro atoms.